The number of fused-ring (bicyclic) bond motifs is 1. The van der Waals surface area contributed by atoms with Crippen LogP contribution in [0.25, 0.3) is 0 Å². The molecular formula is C18H19N3O5S. The molecule has 0 bridgehead atoms. The summed E-state index contributed by atoms with van der Waals surface area (Å²) in [5.41, 5.74) is 6.82. The first-order valence-electron chi connectivity index (χ1n) is 8.31. The van der Waals surface area contributed by atoms with Crippen LogP contribution in [0.5, 0.6) is 0 Å². The fourth-order valence-electron chi connectivity index (χ4n) is 3.17. The SMILES string of the molecule is CC(=O)CC1=C(C(=O)O)N2C(=O)[C@@H](NC(=O)[C@H](N)c3ccccc3)[C@H]2SC1. The lowest BCUT2D eigenvalue weighted by Crippen LogP contribution is -2.71. The maximum Gasteiger partial charge on any atom is 0.352 e. The number of benzene rings is 1. The summed E-state index contributed by atoms with van der Waals surface area (Å²) in [5, 5.41) is 11.6. The van der Waals surface area contributed by atoms with Gasteiger partial charge in [-0.1, -0.05) is 30.3 Å². The van der Waals surface area contributed by atoms with Crippen molar-refractivity contribution in [1.82, 2.24) is 10.2 Å². The van der Waals surface area contributed by atoms with Crippen molar-refractivity contribution in [3.63, 3.8) is 0 Å². The van der Waals surface area contributed by atoms with Crippen molar-refractivity contribution in [1.29, 1.82) is 0 Å². The molecule has 0 radical (unpaired) electrons. The molecule has 2 heterocycles. The van der Waals surface area contributed by atoms with Crippen LogP contribution < -0.4 is 11.1 Å². The second kappa shape index (κ2) is 7.53. The number of nitrogens with zero attached hydrogens (tertiary/aromatic N) is 1. The van der Waals surface area contributed by atoms with Crippen molar-refractivity contribution >= 4 is 35.3 Å². The van der Waals surface area contributed by atoms with Crippen LogP contribution in [0.15, 0.2) is 41.6 Å². The number of amides is 2. The minimum absolute atomic E-state index is 0.0129. The molecule has 4 N–H and O–H groups in total. The molecule has 0 spiro atoms. The zero-order valence-electron chi connectivity index (χ0n) is 14.5. The van der Waals surface area contributed by atoms with Gasteiger partial charge in [0, 0.05) is 12.2 Å². The molecule has 8 nitrogen and oxygen atoms in total. The summed E-state index contributed by atoms with van der Waals surface area (Å²) >= 11 is 1.32. The molecule has 3 atom stereocenters. The van der Waals surface area contributed by atoms with E-state index in [9.17, 15) is 24.3 Å². The lowest BCUT2D eigenvalue weighted by atomic mass is 9.99. The first-order valence-corrected chi connectivity index (χ1v) is 9.36. The van der Waals surface area contributed by atoms with E-state index in [2.05, 4.69) is 5.32 Å². The predicted octanol–water partition coefficient (Wildman–Crippen LogP) is 0.404. The highest BCUT2D eigenvalue weighted by molar-refractivity contribution is 8.00. The third-order valence-electron chi connectivity index (χ3n) is 4.45. The molecule has 27 heavy (non-hydrogen) atoms. The van der Waals surface area contributed by atoms with E-state index in [0.29, 0.717) is 16.9 Å². The van der Waals surface area contributed by atoms with Gasteiger partial charge in [0.05, 0.1) is 0 Å². The Kier molecular flexibility index (Phi) is 5.33. The molecule has 0 saturated carbocycles. The van der Waals surface area contributed by atoms with E-state index in [4.69, 9.17) is 5.73 Å². The van der Waals surface area contributed by atoms with Crippen molar-refractivity contribution in [2.45, 2.75) is 30.8 Å². The first-order chi connectivity index (χ1) is 12.8. The molecule has 2 aliphatic heterocycles. The second-order valence-corrected chi connectivity index (χ2v) is 7.53. The van der Waals surface area contributed by atoms with Crippen LogP contribution in [0.2, 0.25) is 0 Å². The standard InChI is InChI=1S/C18H19N3O5S/c1-9(22)7-11-8-27-17-13(16(24)21(17)14(11)18(25)26)20-15(23)12(19)10-5-3-2-4-6-10/h2-6,12-13,17H,7-8,19H2,1H3,(H,20,23)(H,25,26)/t12-,13-,17-/m1/s1. The number of β-lactam (4-membered cyclic amide) rings is 1. The maximum absolute atomic E-state index is 12.5. The van der Waals surface area contributed by atoms with Crippen molar-refractivity contribution < 1.29 is 24.3 Å². The van der Waals surface area contributed by atoms with Gasteiger partial charge in [-0.15, -0.1) is 11.8 Å². The van der Waals surface area contributed by atoms with E-state index in [-0.39, 0.29) is 17.9 Å². The largest absolute Gasteiger partial charge is 0.477 e. The Bertz CT molecular complexity index is 839. The maximum atomic E-state index is 12.5. The van der Waals surface area contributed by atoms with Gasteiger partial charge in [-0.3, -0.25) is 19.3 Å². The number of thioether (sulfide) groups is 1. The number of carboxylic acid groups (broad SMARTS) is 1. The number of carbonyl (C=O) groups excluding carboxylic acids is 3. The molecule has 9 heteroatoms. The van der Waals surface area contributed by atoms with Gasteiger partial charge < -0.3 is 16.2 Å². The average Bonchev–Trinajstić information content (AvgIpc) is 2.64. The van der Waals surface area contributed by atoms with E-state index in [1.165, 1.54) is 18.7 Å². The van der Waals surface area contributed by atoms with Gasteiger partial charge in [-0.05, 0) is 18.1 Å². The predicted molar refractivity (Wildman–Crippen MR) is 98.4 cm³/mol. The van der Waals surface area contributed by atoms with Gasteiger partial charge >= 0.3 is 5.97 Å². The number of aliphatic carboxylic acids is 1. The molecule has 3 rings (SSSR count). The summed E-state index contributed by atoms with van der Waals surface area (Å²) in [4.78, 5) is 49.1. The van der Waals surface area contributed by atoms with Crippen molar-refractivity contribution in [3.8, 4) is 0 Å². The number of nitrogens with one attached hydrogen (secondary N) is 1. The number of ketones is 1. The van der Waals surface area contributed by atoms with Crippen LogP contribution in [0.1, 0.15) is 24.9 Å². The van der Waals surface area contributed by atoms with Crippen molar-refractivity contribution in [2.75, 3.05) is 5.75 Å². The fraction of sp³-hybridized carbons (Fsp3) is 0.333. The number of carbonyl (C=O) groups is 4. The number of carboxylic acids is 1. The highest BCUT2D eigenvalue weighted by atomic mass is 32.2. The van der Waals surface area contributed by atoms with Gasteiger partial charge in [-0.2, -0.15) is 0 Å². The van der Waals surface area contributed by atoms with Crippen LogP contribution >= 0.6 is 11.8 Å². The third-order valence-corrected chi connectivity index (χ3v) is 5.79. The fourth-order valence-corrected chi connectivity index (χ4v) is 4.52. The quantitative estimate of drug-likeness (QED) is 0.601. The minimum Gasteiger partial charge on any atom is -0.477 e. The highest BCUT2D eigenvalue weighted by Crippen LogP contribution is 2.41. The molecule has 0 aliphatic carbocycles. The monoisotopic (exact) mass is 389 g/mol. The Morgan fingerprint density at radius 1 is 1.33 bits per heavy atom. The van der Waals surface area contributed by atoms with E-state index in [1.54, 1.807) is 30.3 Å². The zero-order valence-corrected chi connectivity index (χ0v) is 15.4. The second-order valence-electron chi connectivity index (χ2n) is 6.42. The van der Waals surface area contributed by atoms with Gasteiger partial charge in [-0.25, -0.2) is 4.79 Å². The Labute approximate surface area is 159 Å². The summed E-state index contributed by atoms with van der Waals surface area (Å²) in [5.74, 6) is -2.13. The lowest BCUT2D eigenvalue weighted by molar-refractivity contribution is -0.150. The molecule has 1 fully saturated rings. The van der Waals surface area contributed by atoms with Gasteiger partial charge in [0.1, 0.15) is 28.9 Å². The van der Waals surface area contributed by atoms with Gasteiger partial charge in [0.25, 0.3) is 5.91 Å². The van der Waals surface area contributed by atoms with E-state index < -0.39 is 35.2 Å². The summed E-state index contributed by atoms with van der Waals surface area (Å²) in [6, 6.07) is 6.99. The lowest BCUT2D eigenvalue weighted by Gasteiger charge is -2.49. The topological polar surface area (TPSA) is 130 Å². The summed E-state index contributed by atoms with van der Waals surface area (Å²) in [7, 11) is 0. The van der Waals surface area contributed by atoms with Gasteiger partial charge in [0.15, 0.2) is 0 Å². The summed E-state index contributed by atoms with van der Waals surface area (Å²) in [6.07, 6.45) is -0.0129. The van der Waals surface area contributed by atoms with Crippen LogP contribution in [-0.4, -0.2) is 50.7 Å². The van der Waals surface area contributed by atoms with E-state index >= 15 is 0 Å². The van der Waals surface area contributed by atoms with Crippen molar-refractivity contribution in [2.24, 2.45) is 5.73 Å². The number of nitrogens with two attached hydrogens (primary N) is 1. The normalized spacial score (nSPS) is 22.6. The number of hydrogen-bond acceptors (Lipinski definition) is 6. The van der Waals surface area contributed by atoms with Crippen LogP contribution in [0, 0.1) is 0 Å². The van der Waals surface area contributed by atoms with Crippen LogP contribution in [0.3, 0.4) is 0 Å². The van der Waals surface area contributed by atoms with Crippen molar-refractivity contribution in [3.05, 3.63) is 47.2 Å². The molecule has 0 unspecified atom stereocenters. The molecule has 1 aromatic carbocycles. The molecular weight excluding hydrogens is 370 g/mol. The summed E-state index contributed by atoms with van der Waals surface area (Å²) in [6.45, 7) is 1.37. The number of Topliss-reactive ketones (excluding diaryl/α,β-unsaturated/α-hetero) is 1. The molecule has 142 valence electrons. The van der Waals surface area contributed by atoms with E-state index in [0.717, 1.165) is 4.90 Å². The Balaban J connectivity index is 1.74. The highest BCUT2D eigenvalue weighted by Gasteiger charge is 2.54. The molecule has 2 aliphatic rings. The molecule has 1 aromatic rings. The molecule has 0 aromatic heterocycles. The first kappa shape index (κ1) is 19.1. The zero-order chi connectivity index (χ0) is 19.7. The number of rotatable bonds is 6. The Morgan fingerprint density at radius 3 is 2.59 bits per heavy atom. The third kappa shape index (κ3) is 3.60. The van der Waals surface area contributed by atoms with Gasteiger partial charge in [0.2, 0.25) is 5.91 Å². The Hall–Kier alpha value is -2.65. The average molecular weight is 389 g/mol. The van der Waals surface area contributed by atoms with Crippen LogP contribution in [-0.2, 0) is 19.2 Å². The molecule has 1 saturated heterocycles. The smallest absolute Gasteiger partial charge is 0.352 e. The van der Waals surface area contributed by atoms with Crippen LogP contribution in [0.4, 0.5) is 0 Å². The minimum atomic E-state index is -1.25. The number of hydrogen-bond donors (Lipinski definition) is 3. The van der Waals surface area contributed by atoms with E-state index in [1.807, 2.05) is 0 Å². The summed E-state index contributed by atoms with van der Waals surface area (Å²) < 4.78 is 0. The Morgan fingerprint density at radius 2 is 2.00 bits per heavy atom. The molecule has 2 amide bonds.